The van der Waals surface area contributed by atoms with Crippen molar-refractivity contribution >= 4 is 34.4 Å². The van der Waals surface area contributed by atoms with Crippen LogP contribution in [0.25, 0.3) is 11.0 Å². The highest BCUT2D eigenvalue weighted by Crippen LogP contribution is 2.19. The molecule has 2 aromatic rings. The molecule has 0 atom stereocenters. The minimum Gasteiger partial charge on any atom is -0.369 e. The van der Waals surface area contributed by atoms with E-state index < -0.39 is 0 Å². The SMILES string of the molecule is CCN(CC)C(=O)CCNc1nc(Cl)nc2[nH]ncc12. The number of fused-ring (bicyclic) bond motifs is 1. The van der Waals surface area contributed by atoms with E-state index in [1.807, 2.05) is 13.8 Å². The lowest BCUT2D eigenvalue weighted by atomic mass is 10.3. The Hall–Kier alpha value is -1.89. The molecule has 0 aliphatic heterocycles. The van der Waals surface area contributed by atoms with Gasteiger partial charge in [-0.25, -0.2) is 0 Å². The third-order valence-corrected chi connectivity index (χ3v) is 3.20. The van der Waals surface area contributed by atoms with Crippen molar-refractivity contribution < 1.29 is 4.79 Å². The number of aromatic nitrogens is 4. The van der Waals surface area contributed by atoms with Crippen LogP contribution in [0.15, 0.2) is 6.20 Å². The zero-order valence-electron chi connectivity index (χ0n) is 11.5. The number of hydrogen-bond acceptors (Lipinski definition) is 5. The van der Waals surface area contributed by atoms with E-state index in [-0.39, 0.29) is 11.2 Å². The fourth-order valence-electron chi connectivity index (χ4n) is 1.96. The number of nitrogens with one attached hydrogen (secondary N) is 2. The van der Waals surface area contributed by atoms with Gasteiger partial charge in [-0.3, -0.25) is 9.89 Å². The van der Waals surface area contributed by atoms with Gasteiger partial charge in [0.25, 0.3) is 0 Å². The smallest absolute Gasteiger partial charge is 0.226 e. The Kier molecular flexibility index (Phi) is 4.73. The predicted molar refractivity (Wildman–Crippen MR) is 77.7 cm³/mol. The largest absolute Gasteiger partial charge is 0.369 e. The molecule has 0 radical (unpaired) electrons. The van der Waals surface area contributed by atoms with Gasteiger partial charge in [0.15, 0.2) is 5.65 Å². The zero-order valence-corrected chi connectivity index (χ0v) is 12.2. The molecule has 0 bridgehead atoms. The van der Waals surface area contributed by atoms with Crippen LogP contribution in [0, 0.1) is 0 Å². The zero-order chi connectivity index (χ0) is 14.5. The number of rotatable bonds is 6. The maximum atomic E-state index is 11.9. The van der Waals surface area contributed by atoms with Crippen LogP contribution < -0.4 is 5.32 Å². The standard InChI is InChI=1S/C12H17ClN6O/c1-3-19(4-2)9(20)5-6-14-10-8-7-15-18-11(8)17-12(13)16-10/h7H,3-6H2,1-2H3,(H2,14,15,16,17,18). The molecule has 0 saturated carbocycles. The van der Waals surface area contributed by atoms with Gasteiger partial charge in [0.05, 0.1) is 11.6 Å². The molecule has 0 aromatic carbocycles. The van der Waals surface area contributed by atoms with Crippen LogP contribution in [0.1, 0.15) is 20.3 Å². The summed E-state index contributed by atoms with van der Waals surface area (Å²) in [6.07, 6.45) is 2.03. The first kappa shape index (κ1) is 14.5. The number of halogens is 1. The molecule has 0 unspecified atom stereocenters. The summed E-state index contributed by atoms with van der Waals surface area (Å²) in [5, 5.41) is 10.6. The number of aromatic amines is 1. The molecule has 2 N–H and O–H groups in total. The fourth-order valence-corrected chi connectivity index (χ4v) is 2.13. The molecule has 2 heterocycles. The van der Waals surface area contributed by atoms with Crippen LogP contribution in [0.4, 0.5) is 5.82 Å². The van der Waals surface area contributed by atoms with Gasteiger partial charge in [0, 0.05) is 26.1 Å². The van der Waals surface area contributed by atoms with Gasteiger partial charge in [-0.15, -0.1) is 0 Å². The van der Waals surface area contributed by atoms with E-state index in [0.717, 1.165) is 18.5 Å². The van der Waals surface area contributed by atoms with Crippen molar-refractivity contribution in [2.45, 2.75) is 20.3 Å². The number of anilines is 1. The number of carbonyl (C=O) groups excluding carboxylic acids is 1. The summed E-state index contributed by atoms with van der Waals surface area (Å²) >= 11 is 5.83. The summed E-state index contributed by atoms with van der Waals surface area (Å²) in [7, 11) is 0. The highest BCUT2D eigenvalue weighted by molar-refractivity contribution is 6.28. The third kappa shape index (κ3) is 3.16. The van der Waals surface area contributed by atoms with E-state index in [1.54, 1.807) is 11.1 Å². The average Bonchev–Trinajstić information content (AvgIpc) is 2.88. The van der Waals surface area contributed by atoms with Gasteiger partial charge in [-0.2, -0.15) is 15.1 Å². The van der Waals surface area contributed by atoms with E-state index in [9.17, 15) is 4.79 Å². The van der Waals surface area contributed by atoms with Crippen molar-refractivity contribution in [1.29, 1.82) is 0 Å². The minimum absolute atomic E-state index is 0.117. The lowest BCUT2D eigenvalue weighted by molar-refractivity contribution is -0.130. The number of carbonyl (C=O) groups is 1. The molecule has 0 spiro atoms. The second-order valence-corrected chi connectivity index (χ2v) is 4.55. The van der Waals surface area contributed by atoms with Crippen LogP contribution in [0.3, 0.4) is 0 Å². The number of amides is 1. The quantitative estimate of drug-likeness (QED) is 0.792. The van der Waals surface area contributed by atoms with E-state index in [2.05, 4.69) is 25.5 Å². The van der Waals surface area contributed by atoms with Crippen LogP contribution in [0.2, 0.25) is 5.28 Å². The molecule has 0 aliphatic carbocycles. The Labute approximate surface area is 121 Å². The van der Waals surface area contributed by atoms with Gasteiger partial charge >= 0.3 is 0 Å². The number of nitrogens with zero attached hydrogens (tertiary/aromatic N) is 4. The highest BCUT2D eigenvalue weighted by Gasteiger charge is 2.11. The van der Waals surface area contributed by atoms with Crippen molar-refractivity contribution in [2.24, 2.45) is 0 Å². The molecule has 7 nitrogen and oxygen atoms in total. The summed E-state index contributed by atoms with van der Waals surface area (Å²) < 4.78 is 0. The molecule has 0 saturated heterocycles. The molecule has 0 fully saturated rings. The molecule has 2 rings (SSSR count). The van der Waals surface area contributed by atoms with Gasteiger partial charge in [-0.05, 0) is 25.4 Å². The minimum atomic E-state index is 0.117. The number of hydrogen-bond donors (Lipinski definition) is 2. The second-order valence-electron chi connectivity index (χ2n) is 4.22. The van der Waals surface area contributed by atoms with Crippen LogP contribution in [-0.4, -0.2) is 50.6 Å². The molecular formula is C12H17ClN6O. The van der Waals surface area contributed by atoms with Crippen LogP contribution >= 0.6 is 11.6 Å². The van der Waals surface area contributed by atoms with Gasteiger partial charge in [0.1, 0.15) is 5.82 Å². The topological polar surface area (TPSA) is 86.8 Å². The molecule has 0 aliphatic rings. The molecule has 20 heavy (non-hydrogen) atoms. The molecular weight excluding hydrogens is 280 g/mol. The fraction of sp³-hybridized carbons (Fsp3) is 0.500. The lowest BCUT2D eigenvalue weighted by Gasteiger charge is -2.18. The van der Waals surface area contributed by atoms with E-state index in [0.29, 0.717) is 24.4 Å². The monoisotopic (exact) mass is 296 g/mol. The first-order valence-electron chi connectivity index (χ1n) is 6.54. The maximum absolute atomic E-state index is 11.9. The first-order valence-corrected chi connectivity index (χ1v) is 6.91. The Morgan fingerprint density at radius 2 is 2.15 bits per heavy atom. The van der Waals surface area contributed by atoms with Crippen molar-refractivity contribution in [1.82, 2.24) is 25.1 Å². The van der Waals surface area contributed by atoms with E-state index in [1.165, 1.54) is 0 Å². The lowest BCUT2D eigenvalue weighted by Crippen LogP contribution is -2.31. The summed E-state index contributed by atoms with van der Waals surface area (Å²) in [5.41, 5.74) is 0.572. The van der Waals surface area contributed by atoms with Crippen LogP contribution in [-0.2, 0) is 4.79 Å². The summed E-state index contributed by atoms with van der Waals surface area (Å²) in [6.45, 7) is 5.87. The highest BCUT2D eigenvalue weighted by atomic mass is 35.5. The van der Waals surface area contributed by atoms with Crippen molar-refractivity contribution in [3.63, 3.8) is 0 Å². The van der Waals surface area contributed by atoms with Gasteiger partial charge < -0.3 is 10.2 Å². The second kappa shape index (κ2) is 6.51. The summed E-state index contributed by atoms with van der Waals surface area (Å²) in [5.74, 6) is 0.701. The Morgan fingerprint density at radius 1 is 1.40 bits per heavy atom. The van der Waals surface area contributed by atoms with Crippen LogP contribution in [0.5, 0.6) is 0 Å². The van der Waals surface area contributed by atoms with Crippen molar-refractivity contribution in [3.05, 3.63) is 11.5 Å². The van der Waals surface area contributed by atoms with E-state index >= 15 is 0 Å². The van der Waals surface area contributed by atoms with E-state index in [4.69, 9.17) is 11.6 Å². The molecule has 2 aromatic heterocycles. The van der Waals surface area contributed by atoms with Crippen molar-refractivity contribution in [3.8, 4) is 0 Å². The Morgan fingerprint density at radius 3 is 2.85 bits per heavy atom. The van der Waals surface area contributed by atoms with Crippen molar-refractivity contribution in [2.75, 3.05) is 25.0 Å². The summed E-state index contributed by atoms with van der Waals surface area (Å²) in [6, 6.07) is 0. The maximum Gasteiger partial charge on any atom is 0.226 e. The van der Waals surface area contributed by atoms with Gasteiger partial charge in [0.2, 0.25) is 11.2 Å². The molecule has 8 heteroatoms. The molecule has 108 valence electrons. The average molecular weight is 297 g/mol. The predicted octanol–water partition coefficient (Wildman–Crippen LogP) is 1.68. The Balaban J connectivity index is 1.99. The normalized spacial score (nSPS) is 10.8. The Bertz CT molecular complexity index is 595. The third-order valence-electron chi connectivity index (χ3n) is 3.03. The first-order chi connectivity index (χ1) is 9.65. The number of H-pyrrole nitrogens is 1. The summed E-state index contributed by atoms with van der Waals surface area (Å²) in [4.78, 5) is 21.8. The molecule has 1 amide bonds. The van der Waals surface area contributed by atoms with Gasteiger partial charge in [-0.1, -0.05) is 0 Å².